The molecular formula is C6H8ClNO2. The molecule has 0 radical (unpaired) electrons. The smallest absolute Gasteiger partial charge is 0.166 e. The van der Waals surface area contributed by atoms with Crippen LogP contribution in [0.4, 0.5) is 0 Å². The Labute approximate surface area is 63.6 Å². The monoisotopic (exact) mass is 161 g/mol. The van der Waals surface area contributed by atoms with Gasteiger partial charge >= 0.3 is 0 Å². The van der Waals surface area contributed by atoms with Gasteiger partial charge < -0.3 is 9.63 Å². The SMILES string of the molecule is Cc1noc(CO)c1CCl. The minimum Gasteiger partial charge on any atom is -0.388 e. The van der Waals surface area contributed by atoms with Crippen LogP contribution in [0, 0.1) is 6.92 Å². The fraction of sp³-hybridized carbons (Fsp3) is 0.500. The van der Waals surface area contributed by atoms with Gasteiger partial charge in [0.25, 0.3) is 0 Å². The zero-order chi connectivity index (χ0) is 7.56. The van der Waals surface area contributed by atoms with Crippen molar-refractivity contribution in [2.24, 2.45) is 0 Å². The number of alkyl halides is 1. The van der Waals surface area contributed by atoms with Gasteiger partial charge in [0.2, 0.25) is 0 Å². The lowest BCUT2D eigenvalue weighted by molar-refractivity contribution is 0.227. The van der Waals surface area contributed by atoms with E-state index in [9.17, 15) is 0 Å². The summed E-state index contributed by atoms with van der Waals surface area (Å²) in [4.78, 5) is 0. The van der Waals surface area contributed by atoms with E-state index in [2.05, 4.69) is 5.16 Å². The van der Waals surface area contributed by atoms with Gasteiger partial charge in [-0.2, -0.15) is 0 Å². The van der Waals surface area contributed by atoms with Gasteiger partial charge in [0.1, 0.15) is 6.61 Å². The minimum atomic E-state index is -0.136. The molecule has 0 bridgehead atoms. The maximum Gasteiger partial charge on any atom is 0.166 e. The second kappa shape index (κ2) is 3.03. The van der Waals surface area contributed by atoms with Crippen molar-refractivity contribution in [3.05, 3.63) is 17.0 Å². The van der Waals surface area contributed by atoms with Crippen LogP contribution in [0.5, 0.6) is 0 Å². The number of halogens is 1. The lowest BCUT2D eigenvalue weighted by Crippen LogP contribution is -1.86. The van der Waals surface area contributed by atoms with Crippen molar-refractivity contribution in [2.45, 2.75) is 19.4 Å². The Bertz CT molecular complexity index is 222. The topological polar surface area (TPSA) is 46.3 Å². The van der Waals surface area contributed by atoms with Crippen LogP contribution in [0.15, 0.2) is 4.52 Å². The first-order chi connectivity index (χ1) is 4.79. The van der Waals surface area contributed by atoms with Gasteiger partial charge in [-0.1, -0.05) is 5.16 Å². The zero-order valence-corrected chi connectivity index (χ0v) is 6.35. The number of aromatic nitrogens is 1. The number of nitrogens with zero attached hydrogens (tertiary/aromatic N) is 1. The fourth-order valence-electron chi connectivity index (χ4n) is 0.731. The van der Waals surface area contributed by atoms with Gasteiger partial charge in [0, 0.05) is 5.56 Å². The third-order valence-electron chi connectivity index (χ3n) is 1.34. The summed E-state index contributed by atoms with van der Waals surface area (Å²) in [5.41, 5.74) is 1.54. The highest BCUT2D eigenvalue weighted by Gasteiger charge is 2.09. The van der Waals surface area contributed by atoms with Crippen molar-refractivity contribution >= 4 is 11.6 Å². The summed E-state index contributed by atoms with van der Waals surface area (Å²) in [6, 6.07) is 0. The highest BCUT2D eigenvalue weighted by atomic mass is 35.5. The molecule has 0 fully saturated rings. The maximum atomic E-state index is 8.67. The third kappa shape index (κ3) is 1.15. The summed E-state index contributed by atoms with van der Waals surface area (Å²) < 4.78 is 4.75. The van der Waals surface area contributed by atoms with E-state index in [1.807, 2.05) is 0 Å². The Morgan fingerprint density at radius 2 is 2.40 bits per heavy atom. The second-order valence-electron chi connectivity index (χ2n) is 1.96. The summed E-state index contributed by atoms with van der Waals surface area (Å²) in [7, 11) is 0. The van der Waals surface area contributed by atoms with Gasteiger partial charge in [-0.3, -0.25) is 0 Å². The molecule has 0 atom stereocenters. The molecule has 3 nitrogen and oxygen atoms in total. The van der Waals surface area contributed by atoms with Gasteiger partial charge in [-0.25, -0.2) is 0 Å². The zero-order valence-electron chi connectivity index (χ0n) is 5.59. The predicted octanol–water partition coefficient (Wildman–Crippen LogP) is 1.21. The molecule has 1 rings (SSSR count). The molecule has 10 heavy (non-hydrogen) atoms. The third-order valence-corrected chi connectivity index (χ3v) is 1.61. The molecule has 0 aliphatic carbocycles. The predicted molar refractivity (Wildman–Crippen MR) is 36.7 cm³/mol. The normalized spacial score (nSPS) is 10.3. The van der Waals surface area contributed by atoms with Crippen LogP contribution in [0.2, 0.25) is 0 Å². The molecule has 1 heterocycles. The molecule has 0 aliphatic rings. The molecular weight excluding hydrogens is 154 g/mol. The number of aliphatic hydroxyl groups excluding tert-OH is 1. The molecule has 1 aromatic heterocycles. The molecule has 4 heteroatoms. The summed E-state index contributed by atoms with van der Waals surface area (Å²) >= 11 is 5.55. The summed E-state index contributed by atoms with van der Waals surface area (Å²) in [5.74, 6) is 0.804. The first kappa shape index (κ1) is 7.57. The summed E-state index contributed by atoms with van der Waals surface area (Å²) in [6.07, 6.45) is 0. The molecule has 0 aromatic carbocycles. The van der Waals surface area contributed by atoms with Crippen molar-refractivity contribution in [1.82, 2.24) is 5.16 Å². The largest absolute Gasteiger partial charge is 0.388 e. The molecule has 0 aliphatic heterocycles. The summed E-state index contributed by atoms with van der Waals surface area (Å²) in [6.45, 7) is 1.66. The number of hydrogen-bond donors (Lipinski definition) is 1. The van der Waals surface area contributed by atoms with Crippen LogP contribution >= 0.6 is 11.6 Å². The first-order valence-electron chi connectivity index (χ1n) is 2.90. The number of rotatable bonds is 2. The highest BCUT2D eigenvalue weighted by Crippen LogP contribution is 2.15. The van der Waals surface area contributed by atoms with Crippen LogP contribution in [-0.2, 0) is 12.5 Å². The molecule has 0 saturated heterocycles. The molecule has 0 unspecified atom stereocenters. The Hall–Kier alpha value is -0.540. The van der Waals surface area contributed by atoms with Crippen LogP contribution < -0.4 is 0 Å². The molecule has 1 aromatic rings. The van der Waals surface area contributed by atoms with E-state index in [1.54, 1.807) is 6.92 Å². The van der Waals surface area contributed by atoms with E-state index < -0.39 is 0 Å². The van der Waals surface area contributed by atoms with E-state index >= 15 is 0 Å². The Kier molecular flexibility index (Phi) is 2.29. The maximum absolute atomic E-state index is 8.67. The van der Waals surface area contributed by atoms with Gasteiger partial charge in [-0.15, -0.1) is 11.6 Å². The molecule has 1 N–H and O–H groups in total. The number of aliphatic hydroxyl groups is 1. The average molecular weight is 162 g/mol. The van der Waals surface area contributed by atoms with Crippen molar-refractivity contribution < 1.29 is 9.63 Å². The van der Waals surface area contributed by atoms with Crippen LogP contribution in [0.1, 0.15) is 17.0 Å². The lowest BCUT2D eigenvalue weighted by Gasteiger charge is -1.90. The molecule has 0 saturated carbocycles. The standard InChI is InChI=1S/C6H8ClNO2/c1-4-5(2-7)6(3-9)10-8-4/h9H,2-3H2,1H3. The second-order valence-corrected chi connectivity index (χ2v) is 2.23. The fourth-order valence-corrected chi connectivity index (χ4v) is 1.07. The van der Waals surface area contributed by atoms with Gasteiger partial charge in [0.15, 0.2) is 5.76 Å². The Morgan fingerprint density at radius 3 is 2.80 bits per heavy atom. The van der Waals surface area contributed by atoms with Crippen molar-refractivity contribution in [3.63, 3.8) is 0 Å². The minimum absolute atomic E-state index is 0.136. The number of hydrogen-bond acceptors (Lipinski definition) is 3. The molecule has 0 spiro atoms. The Morgan fingerprint density at radius 1 is 1.70 bits per heavy atom. The number of aryl methyl sites for hydroxylation is 1. The van der Waals surface area contributed by atoms with Crippen molar-refractivity contribution in [2.75, 3.05) is 0 Å². The van der Waals surface area contributed by atoms with Crippen molar-refractivity contribution in [3.8, 4) is 0 Å². The van der Waals surface area contributed by atoms with E-state index in [0.717, 1.165) is 11.3 Å². The van der Waals surface area contributed by atoms with Crippen LogP contribution in [0.25, 0.3) is 0 Å². The Balaban J connectivity index is 3.01. The van der Waals surface area contributed by atoms with Crippen LogP contribution in [0.3, 0.4) is 0 Å². The average Bonchev–Trinajstić information content (AvgIpc) is 2.30. The quantitative estimate of drug-likeness (QED) is 0.664. The van der Waals surface area contributed by atoms with Crippen molar-refractivity contribution in [1.29, 1.82) is 0 Å². The summed E-state index contributed by atoms with van der Waals surface area (Å²) in [5, 5.41) is 12.3. The molecule has 0 amide bonds. The van der Waals surface area contributed by atoms with Crippen LogP contribution in [-0.4, -0.2) is 10.3 Å². The van der Waals surface area contributed by atoms with E-state index in [0.29, 0.717) is 11.6 Å². The van der Waals surface area contributed by atoms with E-state index in [-0.39, 0.29) is 6.61 Å². The first-order valence-corrected chi connectivity index (χ1v) is 3.44. The van der Waals surface area contributed by atoms with Gasteiger partial charge in [-0.05, 0) is 6.92 Å². The van der Waals surface area contributed by atoms with E-state index in [4.69, 9.17) is 21.2 Å². The van der Waals surface area contributed by atoms with E-state index in [1.165, 1.54) is 0 Å². The van der Waals surface area contributed by atoms with Gasteiger partial charge in [0.05, 0.1) is 11.6 Å². The lowest BCUT2D eigenvalue weighted by atomic mass is 10.2. The molecule has 56 valence electrons. The highest BCUT2D eigenvalue weighted by molar-refractivity contribution is 6.17.